The quantitative estimate of drug-likeness (QED) is 0.143. The number of hydrogen-bond acceptors (Lipinski definition) is 7. The minimum absolute atomic E-state index is 0.153. The zero-order chi connectivity index (χ0) is 33.8. The summed E-state index contributed by atoms with van der Waals surface area (Å²) in [5, 5.41) is 15.1. The lowest BCUT2D eigenvalue weighted by molar-refractivity contribution is -0.142. The van der Waals surface area contributed by atoms with Gasteiger partial charge in [0.05, 0.1) is 17.8 Å². The molecule has 1 amide bonds. The van der Waals surface area contributed by atoms with Crippen molar-refractivity contribution >= 4 is 23.1 Å². The van der Waals surface area contributed by atoms with Crippen molar-refractivity contribution in [2.75, 3.05) is 31.1 Å². The zero-order valence-corrected chi connectivity index (χ0v) is 25.5. The molecule has 13 heteroatoms. The van der Waals surface area contributed by atoms with E-state index in [-0.39, 0.29) is 48.3 Å². The number of carbonyl (C=O) groups excluding carboxylic acids is 2. The van der Waals surface area contributed by atoms with E-state index in [1.807, 2.05) is 24.3 Å². The fourth-order valence-corrected chi connectivity index (χ4v) is 5.56. The van der Waals surface area contributed by atoms with Crippen LogP contribution in [0.2, 0.25) is 0 Å². The van der Waals surface area contributed by atoms with Gasteiger partial charge in [-0.3, -0.25) is 14.4 Å². The van der Waals surface area contributed by atoms with Crippen molar-refractivity contribution < 1.29 is 27.9 Å². The molecule has 0 atom stereocenters. The van der Waals surface area contributed by atoms with Crippen LogP contribution in [-0.4, -0.2) is 67.2 Å². The number of pyridine rings is 1. The number of hydrogen-bond donors (Lipinski definition) is 1. The third kappa shape index (κ3) is 6.89. The van der Waals surface area contributed by atoms with E-state index in [1.54, 1.807) is 17.1 Å². The lowest BCUT2D eigenvalue weighted by atomic mass is 10.0. The van der Waals surface area contributed by atoms with Gasteiger partial charge < -0.3 is 19.5 Å². The van der Waals surface area contributed by atoms with Gasteiger partial charge >= 0.3 is 0 Å². The van der Waals surface area contributed by atoms with Crippen molar-refractivity contribution in [1.29, 1.82) is 0 Å². The summed E-state index contributed by atoms with van der Waals surface area (Å²) in [6.07, 6.45) is 4.70. The minimum Gasteiger partial charge on any atom is -0.507 e. The topological polar surface area (TPSA) is 114 Å². The Hall–Kier alpha value is -5.98. The summed E-state index contributed by atoms with van der Waals surface area (Å²) in [6.45, 7) is 1.12. The molecule has 0 bridgehead atoms. The smallest absolute Gasteiger partial charge is 0.294 e. The van der Waals surface area contributed by atoms with E-state index in [1.165, 1.54) is 47.8 Å². The number of benzene rings is 3. The van der Waals surface area contributed by atoms with E-state index >= 15 is 0 Å². The fourth-order valence-electron chi connectivity index (χ4n) is 5.56. The van der Waals surface area contributed by atoms with Crippen LogP contribution >= 0.6 is 0 Å². The van der Waals surface area contributed by atoms with Crippen LogP contribution in [0.4, 0.5) is 18.9 Å². The van der Waals surface area contributed by atoms with Crippen LogP contribution in [0.15, 0.2) is 103 Å². The molecular formula is C35H29F3N6O4. The molecule has 2 aromatic heterocycles. The van der Waals surface area contributed by atoms with Gasteiger partial charge in [-0.2, -0.15) is 5.10 Å². The van der Waals surface area contributed by atoms with Crippen molar-refractivity contribution in [3.8, 4) is 5.69 Å². The monoisotopic (exact) mass is 654 g/mol. The van der Waals surface area contributed by atoms with Gasteiger partial charge in [-0.05, 0) is 54.1 Å². The third-order valence-corrected chi connectivity index (χ3v) is 8.10. The molecule has 1 saturated heterocycles. The second kappa shape index (κ2) is 13.8. The van der Waals surface area contributed by atoms with Crippen LogP contribution in [0.3, 0.4) is 0 Å². The van der Waals surface area contributed by atoms with Crippen molar-refractivity contribution in [2.45, 2.75) is 13.0 Å². The molecule has 6 rings (SSSR count). The summed E-state index contributed by atoms with van der Waals surface area (Å²) in [5.41, 5.74) is 0.658. The molecule has 0 spiro atoms. The number of anilines is 1. The number of ketones is 1. The highest BCUT2D eigenvalue weighted by atomic mass is 19.1. The molecule has 3 aromatic carbocycles. The average Bonchev–Trinajstić information content (AvgIpc) is 3.64. The number of carbonyl (C=O) groups is 2. The molecule has 48 heavy (non-hydrogen) atoms. The van der Waals surface area contributed by atoms with Crippen LogP contribution in [-0.2, 0) is 22.6 Å². The summed E-state index contributed by atoms with van der Waals surface area (Å²) < 4.78 is 46.2. The highest BCUT2D eigenvalue weighted by Gasteiger charge is 2.26. The Bertz CT molecular complexity index is 2030. The molecule has 0 unspecified atom stereocenters. The van der Waals surface area contributed by atoms with Gasteiger partial charge in [-0.25, -0.2) is 22.8 Å². The first-order valence-corrected chi connectivity index (χ1v) is 15.0. The van der Waals surface area contributed by atoms with Gasteiger partial charge in [-0.1, -0.05) is 24.3 Å². The van der Waals surface area contributed by atoms with Crippen LogP contribution in [0.1, 0.15) is 22.3 Å². The largest absolute Gasteiger partial charge is 0.507 e. The Balaban J connectivity index is 1.20. The number of aliphatic hydroxyl groups is 1. The van der Waals surface area contributed by atoms with Crippen LogP contribution in [0, 0.1) is 17.5 Å². The molecule has 0 aliphatic carbocycles. The number of piperazine rings is 1. The standard InChI is InChI=1S/C35H29F3N6O4/c36-29-5-2-1-4-24(29)20-43-19-23(16-27-30(37)6-3-7-31(27)38)17-28(34(43)47)32(45)18-33(46)35(48)42-14-12-41(13-15-42)25-8-10-26(11-9-25)44-22-39-21-40-44/h1-11,17-19,21-22,45H,12-16,20H2/b32-18+. The van der Waals surface area contributed by atoms with Gasteiger partial charge in [0.2, 0.25) is 5.78 Å². The van der Waals surface area contributed by atoms with Crippen molar-refractivity contribution in [2.24, 2.45) is 0 Å². The molecule has 1 aliphatic rings. The van der Waals surface area contributed by atoms with Crippen LogP contribution in [0.25, 0.3) is 11.4 Å². The molecule has 1 N–H and O–H groups in total. The second-order valence-electron chi connectivity index (χ2n) is 11.2. The number of nitrogens with zero attached hydrogens (tertiary/aromatic N) is 6. The van der Waals surface area contributed by atoms with E-state index < -0.39 is 40.5 Å². The Morgan fingerprint density at radius 2 is 1.52 bits per heavy atom. The lowest BCUT2D eigenvalue weighted by Gasteiger charge is -2.35. The predicted octanol–water partition coefficient (Wildman–Crippen LogP) is 4.30. The first-order chi connectivity index (χ1) is 23.2. The Kier molecular flexibility index (Phi) is 9.19. The van der Waals surface area contributed by atoms with E-state index in [2.05, 4.69) is 15.0 Å². The van der Waals surface area contributed by atoms with Gasteiger partial charge in [0, 0.05) is 61.7 Å². The molecule has 0 saturated carbocycles. The Labute approximate surface area is 272 Å². The summed E-state index contributed by atoms with van der Waals surface area (Å²) >= 11 is 0. The van der Waals surface area contributed by atoms with Gasteiger partial charge in [0.15, 0.2) is 0 Å². The molecular weight excluding hydrogens is 625 g/mol. The summed E-state index contributed by atoms with van der Waals surface area (Å²) in [7, 11) is 0. The van der Waals surface area contributed by atoms with Crippen molar-refractivity contribution in [3.05, 3.63) is 148 Å². The SMILES string of the molecule is O=C(/C=C(/O)c1cc(Cc2c(F)cccc2F)cn(Cc2ccccc2F)c1=O)C(=O)N1CCN(c2ccc(-n3cncn3)cc2)CC1. The number of halogens is 3. The maximum absolute atomic E-state index is 14.5. The van der Waals surface area contributed by atoms with Crippen molar-refractivity contribution in [3.63, 3.8) is 0 Å². The Morgan fingerprint density at radius 3 is 2.19 bits per heavy atom. The molecule has 3 heterocycles. The van der Waals surface area contributed by atoms with Gasteiger partial charge in [-0.15, -0.1) is 0 Å². The number of rotatable bonds is 9. The van der Waals surface area contributed by atoms with Gasteiger partial charge in [0.1, 0.15) is 35.9 Å². The summed E-state index contributed by atoms with van der Waals surface area (Å²) in [4.78, 5) is 46.9. The zero-order valence-electron chi connectivity index (χ0n) is 25.5. The normalized spacial score (nSPS) is 13.5. The highest BCUT2D eigenvalue weighted by Crippen LogP contribution is 2.21. The number of aliphatic hydroxyl groups excluding tert-OH is 1. The summed E-state index contributed by atoms with van der Waals surface area (Å²) in [6, 6.07) is 18.0. The maximum Gasteiger partial charge on any atom is 0.294 e. The molecule has 5 aromatic rings. The molecule has 0 radical (unpaired) electrons. The first kappa shape index (κ1) is 32.0. The summed E-state index contributed by atoms with van der Waals surface area (Å²) in [5.74, 6) is -4.92. The van der Waals surface area contributed by atoms with E-state index in [0.29, 0.717) is 19.2 Å². The minimum atomic E-state index is -1.05. The molecule has 244 valence electrons. The van der Waals surface area contributed by atoms with Crippen LogP contribution < -0.4 is 10.5 Å². The maximum atomic E-state index is 14.5. The lowest BCUT2D eigenvalue weighted by Crippen LogP contribution is -2.50. The predicted molar refractivity (Wildman–Crippen MR) is 171 cm³/mol. The molecule has 1 aliphatic heterocycles. The average molecular weight is 655 g/mol. The number of amides is 1. The van der Waals surface area contributed by atoms with E-state index in [0.717, 1.165) is 28.1 Å². The molecule has 1 fully saturated rings. The molecule has 10 nitrogen and oxygen atoms in total. The third-order valence-electron chi connectivity index (χ3n) is 8.10. The Morgan fingerprint density at radius 1 is 0.854 bits per heavy atom. The highest BCUT2D eigenvalue weighted by molar-refractivity contribution is 6.41. The van der Waals surface area contributed by atoms with Gasteiger partial charge in [0.25, 0.3) is 11.5 Å². The van der Waals surface area contributed by atoms with Crippen molar-refractivity contribution in [1.82, 2.24) is 24.2 Å². The van der Waals surface area contributed by atoms with E-state index in [4.69, 9.17) is 0 Å². The second-order valence-corrected chi connectivity index (χ2v) is 11.2. The van der Waals surface area contributed by atoms with Crippen LogP contribution in [0.5, 0.6) is 0 Å². The fraction of sp³-hybridized carbons (Fsp3) is 0.171. The number of aromatic nitrogens is 4. The van der Waals surface area contributed by atoms with E-state index in [9.17, 15) is 32.7 Å². The first-order valence-electron chi connectivity index (χ1n) is 15.0.